The molecule has 0 radical (unpaired) electrons. The number of benzene rings is 2. The zero-order valence-corrected chi connectivity index (χ0v) is 14.0. The number of carbonyl (C=O) groups excluding carboxylic acids is 2. The molecular formula is C18H13N3O3S. The average molecular weight is 351 g/mol. The molecule has 0 spiro atoms. The number of nitrogens with one attached hydrogen (secondary N) is 2. The minimum absolute atomic E-state index is 0.190. The van der Waals surface area contributed by atoms with E-state index in [1.807, 2.05) is 30.3 Å². The van der Waals surface area contributed by atoms with E-state index in [0.29, 0.717) is 21.5 Å². The van der Waals surface area contributed by atoms with Crippen LogP contribution in [0.4, 0.5) is 5.69 Å². The minimum atomic E-state index is -0.528. The van der Waals surface area contributed by atoms with E-state index >= 15 is 0 Å². The smallest absolute Gasteiger partial charge is 0.359 e. The number of amides is 1. The first-order chi connectivity index (χ1) is 12.2. The molecule has 7 heteroatoms. The van der Waals surface area contributed by atoms with Crippen molar-refractivity contribution in [3.8, 4) is 0 Å². The summed E-state index contributed by atoms with van der Waals surface area (Å²) < 4.78 is 5.78. The lowest BCUT2D eigenvalue weighted by Gasteiger charge is -2.04. The highest BCUT2D eigenvalue weighted by molar-refractivity contribution is 7.20. The molecule has 0 fully saturated rings. The maximum Gasteiger partial charge on any atom is 0.359 e. The molecule has 0 aliphatic heterocycles. The van der Waals surface area contributed by atoms with Gasteiger partial charge in [0, 0.05) is 15.8 Å². The molecule has 0 bridgehead atoms. The monoisotopic (exact) mass is 351 g/mol. The van der Waals surface area contributed by atoms with Crippen LogP contribution >= 0.6 is 11.3 Å². The van der Waals surface area contributed by atoms with Gasteiger partial charge in [0.2, 0.25) is 0 Å². The van der Waals surface area contributed by atoms with Gasteiger partial charge in [0.15, 0.2) is 5.69 Å². The molecule has 25 heavy (non-hydrogen) atoms. The van der Waals surface area contributed by atoms with Crippen LogP contribution in [0.1, 0.15) is 20.2 Å². The zero-order chi connectivity index (χ0) is 17.4. The Hall–Kier alpha value is -3.19. The Morgan fingerprint density at radius 3 is 2.80 bits per heavy atom. The fraction of sp³-hybridized carbons (Fsp3) is 0.0556. The van der Waals surface area contributed by atoms with E-state index < -0.39 is 5.97 Å². The summed E-state index contributed by atoms with van der Waals surface area (Å²) in [6.45, 7) is 0. The van der Waals surface area contributed by atoms with E-state index in [1.165, 1.54) is 18.4 Å². The number of anilines is 1. The summed E-state index contributed by atoms with van der Waals surface area (Å²) in [4.78, 5) is 24.9. The molecule has 2 aromatic heterocycles. The number of nitrogens with zero attached hydrogens (tertiary/aromatic N) is 1. The number of H-pyrrole nitrogens is 1. The summed E-state index contributed by atoms with van der Waals surface area (Å²) in [6, 6.07) is 14.9. The number of aromatic nitrogens is 2. The summed E-state index contributed by atoms with van der Waals surface area (Å²) in [5, 5.41) is 11.2. The van der Waals surface area contributed by atoms with E-state index in [9.17, 15) is 9.59 Å². The predicted molar refractivity (Wildman–Crippen MR) is 97.2 cm³/mol. The number of aromatic amines is 1. The van der Waals surface area contributed by atoms with E-state index in [2.05, 4.69) is 15.5 Å². The van der Waals surface area contributed by atoms with Crippen molar-refractivity contribution in [2.24, 2.45) is 0 Å². The van der Waals surface area contributed by atoms with Crippen LogP contribution in [0.5, 0.6) is 0 Å². The molecule has 2 aromatic carbocycles. The van der Waals surface area contributed by atoms with Gasteiger partial charge in [-0.25, -0.2) is 4.79 Å². The lowest BCUT2D eigenvalue weighted by atomic mass is 10.2. The quantitative estimate of drug-likeness (QED) is 0.550. The molecule has 2 heterocycles. The average Bonchev–Trinajstić information content (AvgIpc) is 3.24. The Bertz CT molecular complexity index is 1080. The van der Waals surface area contributed by atoms with Crippen molar-refractivity contribution >= 4 is 49.9 Å². The van der Waals surface area contributed by atoms with Crippen LogP contribution in [0.15, 0.2) is 48.5 Å². The number of esters is 1. The second-order valence-corrected chi connectivity index (χ2v) is 6.51. The van der Waals surface area contributed by atoms with Crippen LogP contribution in [0, 0.1) is 0 Å². The van der Waals surface area contributed by atoms with Gasteiger partial charge in [-0.3, -0.25) is 9.89 Å². The van der Waals surface area contributed by atoms with Crippen molar-refractivity contribution in [1.82, 2.24) is 10.2 Å². The van der Waals surface area contributed by atoms with Crippen LogP contribution in [0.3, 0.4) is 0 Å². The molecule has 4 aromatic rings. The van der Waals surface area contributed by atoms with Crippen LogP contribution in [-0.4, -0.2) is 29.2 Å². The number of thiophene rings is 1. The fourth-order valence-corrected chi connectivity index (χ4v) is 3.59. The number of hydrogen-bond donors (Lipinski definition) is 2. The number of methoxy groups -OCH3 is 1. The third kappa shape index (κ3) is 2.74. The number of carbonyl (C=O) groups is 2. The van der Waals surface area contributed by atoms with Gasteiger partial charge in [-0.15, -0.1) is 11.3 Å². The summed E-state index contributed by atoms with van der Waals surface area (Å²) in [5.41, 5.74) is 1.47. The molecule has 124 valence electrons. The summed E-state index contributed by atoms with van der Waals surface area (Å²) in [7, 11) is 1.30. The molecule has 0 atom stereocenters. The van der Waals surface area contributed by atoms with Gasteiger partial charge >= 0.3 is 5.97 Å². The topological polar surface area (TPSA) is 84.1 Å². The van der Waals surface area contributed by atoms with Gasteiger partial charge in [-0.2, -0.15) is 5.10 Å². The molecule has 0 saturated carbocycles. The molecule has 2 N–H and O–H groups in total. The van der Waals surface area contributed by atoms with Crippen LogP contribution < -0.4 is 5.32 Å². The third-order valence-corrected chi connectivity index (χ3v) is 4.96. The van der Waals surface area contributed by atoms with E-state index in [4.69, 9.17) is 4.74 Å². The van der Waals surface area contributed by atoms with Gasteiger partial charge in [0.05, 0.1) is 17.5 Å². The first-order valence-corrected chi connectivity index (χ1v) is 8.34. The molecule has 4 rings (SSSR count). The standard InChI is InChI=1S/C18H13N3O3S/c1-24-18(23)16-12-9-11(6-7-13(12)20-21-16)19-17(22)15-8-10-4-2-3-5-14(10)25-15/h2-9H,1H3,(H,19,22)(H,20,21). The summed E-state index contributed by atoms with van der Waals surface area (Å²) in [6.07, 6.45) is 0. The number of ether oxygens (including phenoxy) is 1. The van der Waals surface area contributed by atoms with Crippen molar-refractivity contribution in [3.05, 3.63) is 59.1 Å². The Morgan fingerprint density at radius 1 is 1.16 bits per heavy atom. The molecular weight excluding hydrogens is 338 g/mol. The maximum atomic E-state index is 12.5. The predicted octanol–water partition coefficient (Wildman–Crippen LogP) is 3.82. The Balaban J connectivity index is 1.65. The van der Waals surface area contributed by atoms with Crippen molar-refractivity contribution in [2.75, 3.05) is 12.4 Å². The zero-order valence-electron chi connectivity index (χ0n) is 13.2. The Morgan fingerprint density at radius 2 is 2.00 bits per heavy atom. The molecule has 0 unspecified atom stereocenters. The SMILES string of the molecule is COC(=O)c1n[nH]c2ccc(NC(=O)c3cc4ccccc4s3)cc12. The van der Waals surface area contributed by atoms with Gasteiger partial charge in [0.1, 0.15) is 0 Å². The van der Waals surface area contributed by atoms with Gasteiger partial charge in [-0.1, -0.05) is 18.2 Å². The first kappa shape index (κ1) is 15.3. The normalized spacial score (nSPS) is 10.9. The summed E-state index contributed by atoms with van der Waals surface area (Å²) >= 11 is 1.44. The number of fused-ring (bicyclic) bond motifs is 2. The highest BCUT2D eigenvalue weighted by atomic mass is 32.1. The first-order valence-electron chi connectivity index (χ1n) is 7.52. The lowest BCUT2D eigenvalue weighted by Crippen LogP contribution is -2.10. The van der Waals surface area contributed by atoms with E-state index in [0.717, 1.165) is 10.1 Å². The maximum absolute atomic E-state index is 12.5. The van der Waals surface area contributed by atoms with E-state index in [-0.39, 0.29) is 11.6 Å². The summed E-state index contributed by atoms with van der Waals surface area (Å²) in [5.74, 6) is -0.720. The highest BCUT2D eigenvalue weighted by Crippen LogP contribution is 2.27. The van der Waals surface area contributed by atoms with Crippen molar-refractivity contribution in [1.29, 1.82) is 0 Å². The van der Waals surface area contributed by atoms with Crippen LogP contribution in [-0.2, 0) is 4.74 Å². The van der Waals surface area contributed by atoms with Gasteiger partial charge in [-0.05, 0) is 35.7 Å². The second-order valence-electron chi connectivity index (χ2n) is 5.43. The molecule has 0 aliphatic rings. The largest absolute Gasteiger partial charge is 0.464 e. The van der Waals surface area contributed by atoms with Gasteiger partial charge in [0.25, 0.3) is 5.91 Å². The van der Waals surface area contributed by atoms with Gasteiger partial charge < -0.3 is 10.1 Å². The molecule has 1 amide bonds. The number of rotatable bonds is 3. The molecule has 0 saturated heterocycles. The number of hydrogen-bond acceptors (Lipinski definition) is 5. The van der Waals surface area contributed by atoms with Crippen molar-refractivity contribution < 1.29 is 14.3 Å². The van der Waals surface area contributed by atoms with E-state index in [1.54, 1.807) is 18.2 Å². The highest BCUT2D eigenvalue weighted by Gasteiger charge is 2.16. The minimum Gasteiger partial charge on any atom is -0.464 e. The molecule has 0 aliphatic carbocycles. The van der Waals surface area contributed by atoms with Crippen LogP contribution in [0.25, 0.3) is 21.0 Å². The second kappa shape index (κ2) is 6.03. The Labute approximate surface area is 146 Å². The molecule has 6 nitrogen and oxygen atoms in total. The van der Waals surface area contributed by atoms with Crippen molar-refractivity contribution in [2.45, 2.75) is 0 Å². The van der Waals surface area contributed by atoms with Crippen LogP contribution in [0.2, 0.25) is 0 Å². The van der Waals surface area contributed by atoms with Crippen molar-refractivity contribution in [3.63, 3.8) is 0 Å². The third-order valence-electron chi connectivity index (χ3n) is 3.85. The fourth-order valence-electron chi connectivity index (χ4n) is 2.63. The lowest BCUT2D eigenvalue weighted by molar-refractivity contribution is 0.0596. The Kier molecular flexibility index (Phi) is 3.70.